The van der Waals surface area contributed by atoms with Crippen LogP contribution in [0.2, 0.25) is 0 Å². The van der Waals surface area contributed by atoms with Crippen molar-refractivity contribution < 1.29 is 0 Å². The molecule has 0 radical (unpaired) electrons. The zero-order chi connectivity index (χ0) is 91.0. The predicted octanol–water partition coefficient (Wildman–Crippen LogP) is 27.0. The van der Waals surface area contributed by atoms with Gasteiger partial charge in [-0.05, 0) is 208 Å². The second-order valence-electron chi connectivity index (χ2n) is 34.2. The standard InChI is InChI=1S/C112H110N20/c1-17-63-53-83-97(121-45-37-113-83)71(25-9)105(63)129(106-64(18-2)54-84-98(72(106)26-10)122-46-38-114-84)91-61-92(130(107-65(19-3)55-85-99(73(107)27-11)123-47-39-115-85)108-66(20-4)56-86-100(74(108)28-12)124-48-40-116-86)80-35-36-82-94(132(111-69(23-7)59-89-103(77(111)31-15)127-51-43-119-89)112-70(24-8)60-90-104(78(112)32-16)128-52-44-120-90)62-93(81-34-33-79(91)95(80)96(81)82)131(109-67(21-5)57-87-101(75(109)29-13)125-49-41-117-87)110-68(22-6)58-88-102(76(110)30-14)126-50-42-118-88/h33-62H,17-32H2,1-16H3. The number of nitrogens with zero attached hydrogens (tertiary/aromatic N) is 20. The summed E-state index contributed by atoms with van der Waals surface area (Å²) in [4.78, 5) is 95.6. The lowest BCUT2D eigenvalue weighted by Crippen LogP contribution is -2.23. The third-order valence-corrected chi connectivity index (χ3v) is 27.7. The summed E-state index contributed by atoms with van der Waals surface area (Å²) in [6.45, 7) is 36.7. The first-order chi connectivity index (χ1) is 64.8. The summed E-state index contributed by atoms with van der Waals surface area (Å²) in [6, 6.07) is 33.5. The molecule has 658 valence electrons. The van der Waals surface area contributed by atoms with Crippen molar-refractivity contribution in [2.75, 3.05) is 19.6 Å². The van der Waals surface area contributed by atoms with E-state index < -0.39 is 0 Å². The van der Waals surface area contributed by atoms with Crippen LogP contribution >= 0.6 is 0 Å². The van der Waals surface area contributed by atoms with Crippen LogP contribution in [0.1, 0.15) is 200 Å². The van der Waals surface area contributed by atoms with Crippen LogP contribution in [-0.4, -0.2) is 79.7 Å². The molecule has 0 N–H and O–H groups in total. The van der Waals surface area contributed by atoms with Gasteiger partial charge in [0.15, 0.2) is 0 Å². The summed E-state index contributed by atoms with van der Waals surface area (Å²) in [7, 11) is 0. The Morgan fingerprint density at radius 2 is 0.288 bits per heavy atom. The van der Waals surface area contributed by atoms with Gasteiger partial charge in [-0.3, -0.25) is 79.7 Å². The highest BCUT2D eigenvalue weighted by molar-refractivity contribution is 6.34. The lowest BCUT2D eigenvalue weighted by atomic mass is 9.86. The largest absolute Gasteiger partial charge is 0.309 e. The minimum Gasteiger partial charge on any atom is -0.309 e. The van der Waals surface area contributed by atoms with Gasteiger partial charge in [-0.25, -0.2) is 0 Å². The average Bonchev–Trinajstić information content (AvgIpc) is 0.685. The number of hydrogen-bond acceptors (Lipinski definition) is 20. The van der Waals surface area contributed by atoms with Crippen molar-refractivity contribution in [3.63, 3.8) is 0 Å². The van der Waals surface area contributed by atoms with Crippen molar-refractivity contribution >= 4 is 189 Å². The summed E-state index contributed by atoms with van der Waals surface area (Å²) in [5.74, 6) is 0. The molecule has 8 aromatic heterocycles. The Kier molecular flexibility index (Phi) is 23.0. The molecule has 12 aromatic carbocycles. The topological polar surface area (TPSA) is 219 Å². The zero-order valence-corrected chi connectivity index (χ0v) is 78.6. The first-order valence-corrected chi connectivity index (χ1v) is 47.9. The molecule has 0 saturated heterocycles. The maximum atomic E-state index is 5.41. The number of anilines is 12. The highest BCUT2D eigenvalue weighted by Crippen LogP contribution is 2.61. The molecular weight excluding hydrogens is 1630 g/mol. The molecule has 0 atom stereocenters. The maximum Gasteiger partial charge on any atom is 0.0939 e. The molecule has 20 nitrogen and oxygen atoms in total. The van der Waals surface area contributed by atoms with Gasteiger partial charge in [-0.15, -0.1) is 0 Å². The Bertz CT molecular complexity index is 6700. The van der Waals surface area contributed by atoms with E-state index in [1.807, 2.05) is 99.1 Å². The van der Waals surface area contributed by atoms with Crippen molar-refractivity contribution in [3.8, 4) is 0 Å². The second-order valence-corrected chi connectivity index (χ2v) is 34.2. The predicted molar refractivity (Wildman–Crippen MR) is 544 cm³/mol. The summed E-state index contributed by atoms with van der Waals surface area (Å²) < 4.78 is 0. The van der Waals surface area contributed by atoms with Gasteiger partial charge in [0.05, 0.1) is 157 Å². The van der Waals surface area contributed by atoms with Gasteiger partial charge in [-0.1, -0.05) is 135 Å². The third-order valence-electron chi connectivity index (χ3n) is 27.7. The van der Waals surface area contributed by atoms with Crippen molar-refractivity contribution in [2.24, 2.45) is 0 Å². The Labute approximate surface area is 770 Å². The second kappa shape index (κ2) is 35.5. The van der Waals surface area contributed by atoms with Gasteiger partial charge >= 0.3 is 0 Å². The lowest BCUT2D eigenvalue weighted by molar-refractivity contribution is 1.02. The number of hydrogen-bond donors (Lipinski definition) is 0. The molecule has 0 aliphatic heterocycles. The highest BCUT2D eigenvalue weighted by Gasteiger charge is 2.39. The Morgan fingerprint density at radius 1 is 0.159 bits per heavy atom. The number of aromatic nitrogens is 16. The van der Waals surface area contributed by atoms with Crippen LogP contribution in [0.4, 0.5) is 68.2 Å². The molecule has 0 aliphatic carbocycles. The third kappa shape index (κ3) is 13.5. The number of rotatable bonds is 28. The molecule has 0 unspecified atom stereocenters. The van der Waals surface area contributed by atoms with Gasteiger partial charge in [0.25, 0.3) is 0 Å². The smallest absolute Gasteiger partial charge is 0.0939 e. The lowest BCUT2D eigenvalue weighted by Gasteiger charge is -2.39. The van der Waals surface area contributed by atoms with Crippen LogP contribution < -0.4 is 19.6 Å². The van der Waals surface area contributed by atoms with Crippen LogP contribution in [0, 0.1) is 0 Å². The average molecular weight is 1740 g/mol. The maximum absolute atomic E-state index is 5.41. The van der Waals surface area contributed by atoms with Crippen LogP contribution in [0.25, 0.3) is 121 Å². The fourth-order valence-corrected chi connectivity index (χ4v) is 21.9. The number of fused-ring (bicyclic) bond motifs is 8. The van der Waals surface area contributed by atoms with Gasteiger partial charge in [-0.2, -0.15) is 0 Å². The highest BCUT2D eigenvalue weighted by atomic mass is 15.2. The number of benzene rings is 12. The van der Waals surface area contributed by atoms with Crippen LogP contribution in [-0.2, 0) is 103 Å². The van der Waals surface area contributed by atoms with E-state index in [9.17, 15) is 0 Å². The molecule has 0 bridgehead atoms. The summed E-state index contributed by atoms with van der Waals surface area (Å²) in [6.07, 6.45) is 39.9. The molecular formula is C112H110N20. The van der Waals surface area contributed by atoms with Gasteiger partial charge in [0.1, 0.15) is 0 Å². The van der Waals surface area contributed by atoms with Crippen molar-refractivity contribution in [3.05, 3.63) is 273 Å². The van der Waals surface area contributed by atoms with Crippen LogP contribution in [0.5, 0.6) is 0 Å². The molecule has 0 spiro atoms. The van der Waals surface area contributed by atoms with Crippen molar-refractivity contribution in [1.82, 2.24) is 79.7 Å². The van der Waals surface area contributed by atoms with E-state index in [0.717, 1.165) is 278 Å². The Morgan fingerprint density at radius 3 is 0.409 bits per heavy atom. The fourth-order valence-electron chi connectivity index (χ4n) is 21.9. The monoisotopic (exact) mass is 1730 g/mol. The van der Waals surface area contributed by atoms with Crippen LogP contribution in [0.3, 0.4) is 0 Å². The van der Waals surface area contributed by atoms with Gasteiger partial charge in [0.2, 0.25) is 0 Å². The van der Waals surface area contributed by atoms with Crippen LogP contribution in [0.15, 0.2) is 184 Å². The first-order valence-electron chi connectivity index (χ1n) is 47.9. The molecule has 20 heteroatoms. The van der Waals surface area contributed by atoms with E-state index in [0.29, 0.717) is 103 Å². The van der Waals surface area contributed by atoms with E-state index >= 15 is 0 Å². The fraction of sp³-hybridized carbons (Fsp3) is 0.286. The van der Waals surface area contributed by atoms with Crippen molar-refractivity contribution in [2.45, 2.75) is 214 Å². The minimum atomic E-state index is 0.628. The number of aryl methyl sites for hydroxylation is 16. The molecule has 0 aliphatic rings. The summed E-state index contributed by atoms with van der Waals surface area (Å²) >= 11 is 0. The Hall–Kier alpha value is -14.4. The molecule has 20 rings (SSSR count). The summed E-state index contributed by atoms with van der Waals surface area (Å²) in [5, 5.41) is 6.19. The molecule has 132 heavy (non-hydrogen) atoms. The molecule has 0 amide bonds. The normalized spacial score (nSPS) is 12.0. The van der Waals surface area contributed by atoms with E-state index in [2.05, 4.69) is 215 Å². The molecule has 0 saturated carbocycles. The van der Waals surface area contributed by atoms with E-state index in [4.69, 9.17) is 79.7 Å². The summed E-state index contributed by atoms with van der Waals surface area (Å²) in [5.41, 5.74) is 43.5. The minimum absolute atomic E-state index is 0.628. The van der Waals surface area contributed by atoms with Gasteiger partial charge in [0, 0.05) is 176 Å². The van der Waals surface area contributed by atoms with E-state index in [-0.39, 0.29) is 0 Å². The van der Waals surface area contributed by atoms with E-state index in [1.54, 1.807) is 0 Å². The van der Waals surface area contributed by atoms with E-state index in [1.165, 1.54) is 0 Å². The molecule has 8 heterocycles. The quantitative estimate of drug-likeness (QED) is 0.0416. The van der Waals surface area contributed by atoms with Crippen molar-refractivity contribution in [1.29, 1.82) is 0 Å². The Balaban J connectivity index is 1.12. The zero-order valence-electron chi connectivity index (χ0n) is 78.6. The first kappa shape index (κ1) is 85.7. The molecule has 20 aromatic rings. The van der Waals surface area contributed by atoms with Gasteiger partial charge < -0.3 is 19.6 Å². The SMILES string of the molecule is CCc1cc2nccnc2c(CC)c1N(c1c(CC)cc2nccnc2c1CC)c1cc(N(c2c(CC)cc3nccnc3c2CC)c2c(CC)cc3nccnc3c2CC)c2ccc3c(N(c4c(CC)cc5nccnc5c4CC)c4c(CC)cc5nccnc5c4CC)cc(N(c4c(CC)cc5nccnc5c4CC)c4c(CC)cc5nccnc5c4CC)c4ccc1c2c43. The molecule has 0 fully saturated rings.